The van der Waals surface area contributed by atoms with Crippen molar-refractivity contribution in [3.8, 4) is 0 Å². The third-order valence-electron chi connectivity index (χ3n) is 18.7. The van der Waals surface area contributed by atoms with Gasteiger partial charge in [0.05, 0.1) is 63.2 Å². The Morgan fingerprint density at radius 2 is 1.54 bits per heavy atom. The minimum absolute atomic E-state index is 0.0390. The minimum atomic E-state index is -1.75. The molecule has 0 aromatic rings. The van der Waals surface area contributed by atoms with E-state index in [0.29, 0.717) is 49.5 Å². The summed E-state index contributed by atoms with van der Waals surface area (Å²) in [5.41, 5.74) is -0.486. The van der Waals surface area contributed by atoms with Crippen molar-refractivity contribution in [2.24, 2.45) is 46.3 Å². The summed E-state index contributed by atoms with van der Waals surface area (Å²) in [6.45, 7) is 9.30. The Labute approximate surface area is 413 Å². The largest absolute Gasteiger partial charge is 0.481 e. The number of carboxylic acid groups (broad SMARTS) is 1. The van der Waals surface area contributed by atoms with Crippen LogP contribution in [-0.4, -0.2) is 199 Å². The second-order valence-electron chi connectivity index (χ2n) is 23.3. The summed E-state index contributed by atoms with van der Waals surface area (Å²) in [5.74, 6) is -0.844. The zero-order chi connectivity index (χ0) is 51.1. The van der Waals surface area contributed by atoms with Gasteiger partial charge in [-0.15, -0.1) is 0 Å². The van der Waals surface area contributed by atoms with Crippen molar-refractivity contribution in [1.82, 2.24) is 0 Å². The molecule has 0 amide bonds. The van der Waals surface area contributed by atoms with E-state index in [0.717, 1.165) is 38.5 Å². The first-order chi connectivity index (χ1) is 33.5. The Morgan fingerprint density at radius 1 is 0.803 bits per heavy atom. The highest BCUT2D eigenvalue weighted by molar-refractivity contribution is 5.73. The fraction of sp³-hybridized carbons (Fsp3) is 0.920. The molecule has 0 bridgehead atoms. The van der Waals surface area contributed by atoms with E-state index >= 15 is 0 Å². The Bertz CT molecular complexity index is 1930. The first kappa shape index (κ1) is 53.8. The molecule has 9 rings (SSSR count). The lowest BCUT2D eigenvalue weighted by atomic mass is 9.47. The molecule has 0 aromatic carbocycles. The molecule has 21 heteroatoms. The molecule has 26 atom stereocenters. The predicted octanol–water partition coefficient (Wildman–Crippen LogP) is -0.00770. The summed E-state index contributed by atoms with van der Waals surface area (Å²) in [6, 6.07) is 0. The van der Waals surface area contributed by atoms with Crippen molar-refractivity contribution in [3.05, 3.63) is 11.6 Å². The number of aliphatic hydroxyl groups is 9. The van der Waals surface area contributed by atoms with Crippen LogP contribution >= 0.6 is 0 Å². The van der Waals surface area contributed by atoms with Gasteiger partial charge in [0, 0.05) is 18.3 Å². The first-order valence-corrected chi connectivity index (χ1v) is 25.9. The lowest BCUT2D eigenvalue weighted by Gasteiger charge is -2.59. The van der Waals surface area contributed by atoms with Gasteiger partial charge < -0.3 is 93.7 Å². The van der Waals surface area contributed by atoms with Crippen LogP contribution in [0.25, 0.3) is 0 Å². The molecular formula is C50H78O21. The molecule has 26 unspecified atom stereocenters. The molecule has 5 saturated heterocycles. The van der Waals surface area contributed by atoms with E-state index in [1.807, 2.05) is 0 Å². The van der Waals surface area contributed by atoms with Crippen LogP contribution < -0.4 is 0 Å². The lowest BCUT2D eigenvalue weighted by molar-refractivity contribution is -0.390. The molecule has 21 nitrogen and oxygen atoms in total. The number of fused-ring (bicyclic) bond motifs is 7. The van der Waals surface area contributed by atoms with Crippen molar-refractivity contribution in [2.45, 2.75) is 215 Å². The number of hydrogen-bond acceptors (Lipinski definition) is 20. The van der Waals surface area contributed by atoms with E-state index in [2.05, 4.69) is 26.8 Å². The number of hydrogen-bond donors (Lipinski definition) is 10. The number of rotatable bonds is 13. The van der Waals surface area contributed by atoms with Crippen molar-refractivity contribution < 1.29 is 103 Å². The average molecular weight is 1020 g/mol. The second-order valence-corrected chi connectivity index (χ2v) is 23.3. The standard InChI is InChI=1S/C50H78O21/c1-22-35-31(71-50(22)13-8-24(20-65-50)19-63-34(55)17-47(3,62)16-33(53)54)15-29-27-7-6-25-14-26(9-11-48(25,4)28(27)10-12-49(29,35)5)67-46-43(70-45-41(61)39(59)36(56)23(2)66-45)42(38(58)32(18-51)68-46)69-44-40(60)37(57)30(52)21-64-44/h6,22-24,26-32,35-46,51-52,56-62H,7-21H2,1-5H3,(H,53,54). The second kappa shape index (κ2) is 20.5. The predicted molar refractivity (Wildman–Crippen MR) is 241 cm³/mol. The van der Waals surface area contributed by atoms with Gasteiger partial charge in [-0.05, 0) is 99.7 Å². The summed E-state index contributed by atoms with van der Waals surface area (Å²) in [6.07, 6.45) is -12.6. The summed E-state index contributed by atoms with van der Waals surface area (Å²) in [5, 5.41) is 105. The van der Waals surface area contributed by atoms with Gasteiger partial charge in [0.2, 0.25) is 0 Å². The van der Waals surface area contributed by atoms with Crippen LogP contribution in [0, 0.1) is 46.3 Å². The monoisotopic (exact) mass is 1010 g/mol. The first-order valence-electron chi connectivity index (χ1n) is 25.9. The molecule has 5 aliphatic heterocycles. The molecule has 71 heavy (non-hydrogen) atoms. The number of ether oxygens (including phenoxy) is 9. The number of carbonyl (C=O) groups excluding carboxylic acids is 1. The minimum Gasteiger partial charge on any atom is -0.481 e. The van der Waals surface area contributed by atoms with E-state index in [1.54, 1.807) is 0 Å². The zero-order valence-electron chi connectivity index (χ0n) is 41.3. The third kappa shape index (κ3) is 10.0. The van der Waals surface area contributed by atoms with E-state index < -0.39 is 141 Å². The summed E-state index contributed by atoms with van der Waals surface area (Å²) in [4.78, 5) is 23.5. The van der Waals surface area contributed by atoms with Crippen LogP contribution in [0.5, 0.6) is 0 Å². The van der Waals surface area contributed by atoms with E-state index in [4.69, 9.17) is 47.7 Å². The quantitative estimate of drug-likeness (QED) is 0.0857. The molecule has 4 aliphatic carbocycles. The SMILES string of the molecule is CC1OC(OC2C(OC3CCC4(C)C(=CCC5C4CCC4(C)C5CC5OC6(CCC(COC(=O)CC(C)(O)CC(=O)O)CO6)C(C)C54)C3)OC(CO)C(O)C2OC2OCC(O)C(O)C2O)C(O)C(O)C1O. The fourth-order valence-corrected chi connectivity index (χ4v) is 14.8. The van der Waals surface area contributed by atoms with Crippen LogP contribution in [0.15, 0.2) is 11.6 Å². The Kier molecular flexibility index (Phi) is 15.5. The number of carbonyl (C=O) groups is 2. The van der Waals surface area contributed by atoms with Crippen LogP contribution in [-0.2, 0) is 52.2 Å². The van der Waals surface area contributed by atoms with Crippen LogP contribution in [0.2, 0.25) is 0 Å². The number of carboxylic acids is 1. The molecule has 1 spiro atoms. The molecule has 404 valence electrons. The molecule has 5 heterocycles. The van der Waals surface area contributed by atoms with Crippen molar-refractivity contribution in [1.29, 1.82) is 0 Å². The molecule has 3 saturated carbocycles. The van der Waals surface area contributed by atoms with Gasteiger partial charge in [-0.2, -0.15) is 0 Å². The lowest BCUT2D eigenvalue weighted by Crippen LogP contribution is -2.66. The number of aliphatic hydroxyl groups excluding tert-OH is 8. The summed E-state index contributed by atoms with van der Waals surface area (Å²) >= 11 is 0. The van der Waals surface area contributed by atoms with Crippen LogP contribution in [0.3, 0.4) is 0 Å². The van der Waals surface area contributed by atoms with Gasteiger partial charge in [-0.1, -0.05) is 32.4 Å². The van der Waals surface area contributed by atoms with E-state index in [9.17, 15) is 55.5 Å². The highest BCUT2D eigenvalue weighted by Gasteiger charge is 2.69. The van der Waals surface area contributed by atoms with E-state index in [-0.39, 0.29) is 35.4 Å². The van der Waals surface area contributed by atoms with Crippen molar-refractivity contribution >= 4 is 11.9 Å². The summed E-state index contributed by atoms with van der Waals surface area (Å²) < 4.78 is 55.7. The molecular weight excluding hydrogens is 937 g/mol. The normalized spacial score (nSPS) is 51.5. The van der Waals surface area contributed by atoms with Gasteiger partial charge in [-0.25, -0.2) is 0 Å². The zero-order valence-corrected chi connectivity index (χ0v) is 41.3. The average Bonchev–Trinajstić information content (AvgIpc) is 3.76. The fourth-order valence-electron chi connectivity index (χ4n) is 14.8. The van der Waals surface area contributed by atoms with E-state index in [1.165, 1.54) is 19.4 Å². The topological polar surface area (TPSA) is 320 Å². The maximum absolute atomic E-state index is 12.5. The Morgan fingerprint density at radius 3 is 2.24 bits per heavy atom. The number of aliphatic carboxylic acids is 1. The highest BCUT2D eigenvalue weighted by Crippen LogP contribution is 2.71. The van der Waals surface area contributed by atoms with Crippen LogP contribution in [0.1, 0.15) is 105 Å². The number of esters is 1. The van der Waals surface area contributed by atoms with Gasteiger partial charge in [0.15, 0.2) is 24.7 Å². The maximum atomic E-state index is 12.5. The van der Waals surface area contributed by atoms with Crippen molar-refractivity contribution in [2.75, 3.05) is 26.4 Å². The van der Waals surface area contributed by atoms with Gasteiger partial charge in [0.1, 0.15) is 61.0 Å². The molecule has 0 aromatic heterocycles. The van der Waals surface area contributed by atoms with Crippen LogP contribution in [0.4, 0.5) is 0 Å². The maximum Gasteiger partial charge on any atom is 0.308 e. The van der Waals surface area contributed by atoms with Crippen molar-refractivity contribution in [3.63, 3.8) is 0 Å². The Balaban J connectivity index is 0.858. The Hall–Kier alpha value is -2.00. The smallest absolute Gasteiger partial charge is 0.308 e. The van der Waals surface area contributed by atoms with Gasteiger partial charge in [0.25, 0.3) is 0 Å². The highest BCUT2D eigenvalue weighted by atomic mass is 16.8. The third-order valence-corrected chi connectivity index (χ3v) is 18.7. The number of allylic oxidation sites excluding steroid dienone is 1. The van der Waals surface area contributed by atoms with Gasteiger partial charge >= 0.3 is 11.9 Å². The molecule has 10 N–H and O–H groups in total. The van der Waals surface area contributed by atoms with Gasteiger partial charge in [-0.3, -0.25) is 9.59 Å². The summed E-state index contributed by atoms with van der Waals surface area (Å²) in [7, 11) is 0. The molecule has 8 fully saturated rings. The molecule has 0 radical (unpaired) electrons. The molecule has 9 aliphatic rings.